The summed E-state index contributed by atoms with van der Waals surface area (Å²) in [6.07, 6.45) is 0. The van der Waals surface area contributed by atoms with Crippen molar-refractivity contribution in [2.24, 2.45) is 0 Å². The first-order valence-electron chi connectivity index (χ1n) is 26.0. The Labute approximate surface area is 457 Å². The second kappa shape index (κ2) is 19.2. The van der Waals surface area contributed by atoms with Crippen molar-refractivity contribution in [2.45, 2.75) is 0 Å². The van der Waals surface area contributed by atoms with Gasteiger partial charge in [0.15, 0.2) is 34.9 Å². The van der Waals surface area contributed by atoms with Gasteiger partial charge in [0.05, 0.1) is 22.1 Å². The maximum absolute atomic E-state index is 5.06. The van der Waals surface area contributed by atoms with Crippen molar-refractivity contribution in [2.75, 3.05) is 0 Å². The first-order valence-corrected chi connectivity index (χ1v) is 26.8. The van der Waals surface area contributed by atoms with E-state index in [1.54, 1.807) is 11.3 Å². The maximum Gasteiger partial charge on any atom is 0.164 e. The van der Waals surface area contributed by atoms with Gasteiger partial charge in [0.2, 0.25) is 0 Å². The minimum atomic E-state index is 0.596. The molecule has 10 nitrogen and oxygen atoms in total. The van der Waals surface area contributed by atoms with Crippen molar-refractivity contribution < 1.29 is 0 Å². The van der Waals surface area contributed by atoms with Gasteiger partial charge in [0.1, 0.15) is 10.0 Å². The van der Waals surface area contributed by atoms with Crippen molar-refractivity contribution in [3.63, 3.8) is 0 Å². The highest BCUT2D eigenvalue weighted by Gasteiger charge is 2.22. The Balaban J connectivity index is 0.818. The molecule has 11 heteroatoms. The molecule has 0 aliphatic rings. The first kappa shape index (κ1) is 45.7. The van der Waals surface area contributed by atoms with Gasteiger partial charge in [-0.25, -0.2) is 29.9 Å². The molecule has 0 fully saturated rings. The van der Waals surface area contributed by atoms with E-state index in [9.17, 15) is 0 Å². The van der Waals surface area contributed by atoms with Crippen molar-refractivity contribution >= 4 is 54.9 Å². The van der Waals surface area contributed by atoms with Gasteiger partial charge < -0.3 is 9.13 Å². The largest absolute Gasteiger partial charge is 0.309 e. The fourth-order valence-electron chi connectivity index (χ4n) is 10.7. The zero-order valence-electron chi connectivity index (χ0n) is 42.1. The van der Waals surface area contributed by atoms with E-state index >= 15 is 0 Å². The molecule has 79 heavy (non-hydrogen) atoms. The second-order valence-electron chi connectivity index (χ2n) is 19.2. The smallest absolute Gasteiger partial charge is 0.164 e. The predicted octanol–water partition coefficient (Wildman–Crippen LogP) is 16.4. The summed E-state index contributed by atoms with van der Waals surface area (Å²) in [6.45, 7) is 0. The molecule has 0 atom stereocenters. The van der Waals surface area contributed by atoms with Crippen LogP contribution in [0.15, 0.2) is 255 Å². The monoisotopic (exact) mass is 1030 g/mol. The van der Waals surface area contributed by atoms with Crippen LogP contribution in [-0.4, -0.2) is 49.2 Å². The molecule has 5 heterocycles. The molecule has 0 saturated heterocycles. The number of hydrogen-bond donors (Lipinski definition) is 0. The number of nitrogens with zero attached hydrogens (tertiary/aromatic N) is 10. The highest BCUT2D eigenvalue weighted by Crippen LogP contribution is 2.42. The number of benzene rings is 10. The third kappa shape index (κ3) is 8.20. The third-order valence-electron chi connectivity index (χ3n) is 14.4. The quantitative estimate of drug-likeness (QED) is 0.133. The zero-order chi connectivity index (χ0) is 52.2. The maximum atomic E-state index is 5.06. The Bertz CT molecular complexity index is 4670. The third-order valence-corrected chi connectivity index (χ3v) is 15.4. The van der Waals surface area contributed by atoms with Crippen LogP contribution in [0.2, 0.25) is 0 Å². The zero-order valence-corrected chi connectivity index (χ0v) is 42.9. The van der Waals surface area contributed by atoms with Crippen LogP contribution in [0.5, 0.6) is 0 Å². The van der Waals surface area contributed by atoms with Crippen molar-refractivity contribution in [3.8, 4) is 101 Å². The number of fused-ring (bicyclic) bond motifs is 6. The molecule has 370 valence electrons. The lowest BCUT2D eigenvalue weighted by Crippen LogP contribution is -2.01. The Kier molecular flexibility index (Phi) is 11.1. The Hall–Kier alpha value is -10.6. The fourth-order valence-corrected chi connectivity index (χ4v) is 11.6. The predicted molar refractivity (Wildman–Crippen MR) is 319 cm³/mol. The standard InChI is InChI=1S/C68H42N10S/c1-5-20-43(21-6-1)61-69-62(44-22-7-2-8-23-44)72-65(71-61)47-28-17-30-50(40-47)77-57-36-16-14-33-54(57)60-55(34-19-37-58(60)77)68-76-75-67(79-68)49-38-39-53-52-32-13-15-35-56(52)78(59(53)42-49)51-31-18-29-48(41-51)66-73-63(45-24-9-3-10-25-45)70-64(74-66)46-26-11-4-12-27-46/h1-42H. The summed E-state index contributed by atoms with van der Waals surface area (Å²) in [7, 11) is 0. The number of para-hydroxylation sites is 2. The Morgan fingerprint density at radius 1 is 0.253 bits per heavy atom. The van der Waals surface area contributed by atoms with Crippen LogP contribution >= 0.6 is 11.3 Å². The van der Waals surface area contributed by atoms with Gasteiger partial charge >= 0.3 is 0 Å². The summed E-state index contributed by atoms with van der Waals surface area (Å²) < 4.78 is 4.65. The van der Waals surface area contributed by atoms with Gasteiger partial charge in [-0.3, -0.25) is 0 Å². The molecule has 0 aliphatic carbocycles. The first-order chi connectivity index (χ1) is 39.1. The summed E-state index contributed by atoms with van der Waals surface area (Å²) in [4.78, 5) is 30.1. The Morgan fingerprint density at radius 3 is 1.15 bits per heavy atom. The van der Waals surface area contributed by atoms with Crippen LogP contribution in [0.4, 0.5) is 0 Å². The van der Waals surface area contributed by atoms with Crippen molar-refractivity contribution in [1.82, 2.24) is 49.2 Å². The van der Waals surface area contributed by atoms with Crippen LogP contribution in [-0.2, 0) is 0 Å². The van der Waals surface area contributed by atoms with E-state index in [1.807, 2.05) is 121 Å². The van der Waals surface area contributed by atoms with Crippen LogP contribution < -0.4 is 0 Å². The SMILES string of the molecule is c1ccc(-c2nc(-c3ccccc3)nc(-c3cccc(-n4c5ccccc5c5ccc(-c6nnc(-c7cccc8c7c7ccccc7n8-c7cccc(-c8nc(-c9ccccc9)nc(-c9ccccc9)n8)c7)s6)cc54)c3)n2)cc1. The molecule has 0 spiro atoms. The molecule has 5 aromatic heterocycles. The number of aromatic nitrogens is 10. The fraction of sp³-hybridized carbons (Fsp3) is 0. The van der Waals surface area contributed by atoms with Gasteiger partial charge in [-0.05, 0) is 48.5 Å². The van der Waals surface area contributed by atoms with Crippen molar-refractivity contribution in [1.29, 1.82) is 0 Å². The molecule has 0 saturated carbocycles. The number of hydrogen-bond acceptors (Lipinski definition) is 9. The summed E-state index contributed by atoms with van der Waals surface area (Å²) in [5.41, 5.74) is 13.7. The van der Waals surface area contributed by atoms with E-state index in [-0.39, 0.29) is 0 Å². The lowest BCUT2D eigenvalue weighted by molar-refractivity contribution is 1.07. The average Bonchev–Trinajstić information content (AvgIpc) is 4.35. The summed E-state index contributed by atoms with van der Waals surface area (Å²) in [5.74, 6) is 3.67. The minimum absolute atomic E-state index is 0.596. The summed E-state index contributed by atoms with van der Waals surface area (Å²) in [6, 6.07) is 87.4. The summed E-state index contributed by atoms with van der Waals surface area (Å²) in [5, 5.41) is 16.0. The highest BCUT2D eigenvalue weighted by molar-refractivity contribution is 7.18. The lowest BCUT2D eigenvalue weighted by atomic mass is 10.1. The molecule has 0 amide bonds. The molecule has 0 unspecified atom stereocenters. The topological polar surface area (TPSA) is 113 Å². The Morgan fingerprint density at radius 2 is 0.633 bits per heavy atom. The van der Waals surface area contributed by atoms with Gasteiger partial charge in [-0.2, -0.15) is 0 Å². The molecule has 0 radical (unpaired) electrons. The van der Waals surface area contributed by atoms with E-state index in [1.165, 1.54) is 0 Å². The average molecular weight is 1030 g/mol. The highest BCUT2D eigenvalue weighted by atomic mass is 32.1. The van der Waals surface area contributed by atoms with Crippen LogP contribution in [0.1, 0.15) is 0 Å². The molecular weight excluding hydrogens is 989 g/mol. The van der Waals surface area contributed by atoms with E-state index in [4.69, 9.17) is 40.1 Å². The number of rotatable bonds is 10. The molecule has 0 aliphatic heterocycles. The van der Waals surface area contributed by atoms with Gasteiger partial charge in [0.25, 0.3) is 0 Å². The summed E-state index contributed by atoms with van der Waals surface area (Å²) >= 11 is 1.60. The second-order valence-corrected chi connectivity index (χ2v) is 20.2. The van der Waals surface area contributed by atoms with E-state index in [0.29, 0.717) is 34.9 Å². The van der Waals surface area contributed by atoms with Crippen LogP contribution in [0.25, 0.3) is 144 Å². The lowest BCUT2D eigenvalue weighted by Gasteiger charge is -2.12. The normalized spacial score (nSPS) is 11.5. The van der Waals surface area contributed by atoms with E-state index < -0.39 is 0 Å². The molecule has 0 bridgehead atoms. The van der Waals surface area contributed by atoms with Gasteiger partial charge in [-0.15, -0.1) is 10.2 Å². The molecular formula is C68H42N10S. The minimum Gasteiger partial charge on any atom is -0.309 e. The molecule has 10 aromatic carbocycles. The van der Waals surface area contributed by atoms with Gasteiger partial charge in [-0.1, -0.05) is 218 Å². The van der Waals surface area contributed by atoms with E-state index in [2.05, 4.69) is 143 Å². The van der Waals surface area contributed by atoms with Crippen molar-refractivity contribution in [3.05, 3.63) is 255 Å². The van der Waals surface area contributed by atoms with Crippen LogP contribution in [0, 0.1) is 0 Å². The molecule has 0 N–H and O–H groups in total. The van der Waals surface area contributed by atoms with Gasteiger partial charge in [0, 0.05) is 77.4 Å². The van der Waals surface area contributed by atoms with E-state index in [0.717, 1.165) is 110 Å². The molecule has 15 rings (SSSR count). The van der Waals surface area contributed by atoms with Crippen LogP contribution in [0.3, 0.4) is 0 Å². The molecule has 15 aromatic rings.